The van der Waals surface area contributed by atoms with Crippen molar-refractivity contribution in [3.8, 4) is 0 Å². The Bertz CT molecular complexity index is 676. The zero-order chi connectivity index (χ0) is 15.4. The van der Waals surface area contributed by atoms with Crippen LogP contribution in [0.2, 0.25) is 5.02 Å². The molecule has 0 bridgehead atoms. The lowest BCUT2D eigenvalue weighted by atomic mass is 10.2. The molecule has 0 aliphatic heterocycles. The minimum atomic E-state index is -1.55. The van der Waals surface area contributed by atoms with Crippen LogP contribution in [0.3, 0.4) is 0 Å². The van der Waals surface area contributed by atoms with Crippen molar-refractivity contribution in [3.05, 3.63) is 59.1 Å². The number of para-hydroxylation sites is 1. The molecule has 110 valence electrons. The van der Waals surface area contributed by atoms with Gasteiger partial charge in [0.1, 0.15) is 0 Å². The molecule has 0 aliphatic rings. The first-order valence-corrected chi connectivity index (χ1v) is 7.61. The lowest BCUT2D eigenvalue weighted by molar-refractivity contribution is 0.0596. The fraction of sp³-hybridized carbons (Fsp3) is 0.133. The van der Waals surface area contributed by atoms with Crippen LogP contribution < -0.4 is 4.31 Å². The van der Waals surface area contributed by atoms with E-state index >= 15 is 0 Å². The third kappa shape index (κ3) is 3.43. The molecule has 2 aromatic rings. The molecule has 0 saturated carbocycles. The second-order valence-corrected chi connectivity index (χ2v) is 6.14. The summed E-state index contributed by atoms with van der Waals surface area (Å²) in [6.45, 7) is 0. The van der Waals surface area contributed by atoms with Gasteiger partial charge in [0.25, 0.3) is 0 Å². The Hall–Kier alpha value is -1.85. The molecule has 0 heterocycles. The first-order chi connectivity index (χ1) is 10.0. The number of esters is 1. The van der Waals surface area contributed by atoms with Crippen LogP contribution >= 0.6 is 11.6 Å². The van der Waals surface area contributed by atoms with Crippen LogP contribution in [-0.4, -0.2) is 24.3 Å². The zero-order valence-corrected chi connectivity index (χ0v) is 13.1. The molecule has 0 aromatic heterocycles. The number of hydrogen-bond donors (Lipinski definition) is 0. The summed E-state index contributed by atoms with van der Waals surface area (Å²) in [6, 6.07) is 13.9. The molecule has 21 heavy (non-hydrogen) atoms. The minimum Gasteiger partial charge on any atom is -0.465 e. The Morgan fingerprint density at radius 3 is 2.48 bits per heavy atom. The maximum Gasteiger partial charge on any atom is 0.339 e. The van der Waals surface area contributed by atoms with E-state index in [0.717, 1.165) is 5.69 Å². The van der Waals surface area contributed by atoms with Crippen molar-refractivity contribution in [2.45, 2.75) is 4.90 Å². The van der Waals surface area contributed by atoms with E-state index in [1.54, 1.807) is 23.5 Å². The summed E-state index contributed by atoms with van der Waals surface area (Å²) in [5.74, 6) is -0.567. The van der Waals surface area contributed by atoms with Gasteiger partial charge in [0.15, 0.2) is 11.0 Å². The molecule has 0 saturated heterocycles. The fourth-order valence-corrected chi connectivity index (χ4v) is 3.10. The third-order valence-electron chi connectivity index (χ3n) is 2.90. The molecule has 2 rings (SSSR count). The molecule has 1 unspecified atom stereocenters. The van der Waals surface area contributed by atoms with Crippen molar-refractivity contribution < 1.29 is 13.7 Å². The van der Waals surface area contributed by atoms with Crippen LogP contribution in [0, 0.1) is 0 Å². The maximum atomic E-state index is 12.7. The second-order valence-electron chi connectivity index (χ2n) is 4.21. The van der Waals surface area contributed by atoms with Gasteiger partial charge in [-0.2, -0.15) is 0 Å². The highest BCUT2D eigenvalue weighted by Gasteiger charge is 2.20. The van der Waals surface area contributed by atoms with Gasteiger partial charge in [-0.3, -0.25) is 4.31 Å². The van der Waals surface area contributed by atoms with Crippen molar-refractivity contribution in [2.75, 3.05) is 18.5 Å². The van der Waals surface area contributed by atoms with Gasteiger partial charge >= 0.3 is 5.97 Å². The van der Waals surface area contributed by atoms with Gasteiger partial charge in [0.2, 0.25) is 0 Å². The number of benzene rings is 2. The topological polar surface area (TPSA) is 46.6 Å². The van der Waals surface area contributed by atoms with E-state index in [1.807, 2.05) is 30.3 Å². The van der Waals surface area contributed by atoms with Gasteiger partial charge in [-0.25, -0.2) is 9.00 Å². The second kappa shape index (κ2) is 6.74. The summed E-state index contributed by atoms with van der Waals surface area (Å²) >= 11 is 5.90. The molecule has 0 radical (unpaired) electrons. The number of hydrogen-bond acceptors (Lipinski definition) is 3. The highest BCUT2D eigenvalue weighted by atomic mass is 35.5. The Morgan fingerprint density at radius 2 is 1.86 bits per heavy atom. The van der Waals surface area contributed by atoms with Gasteiger partial charge in [0.05, 0.1) is 17.6 Å². The van der Waals surface area contributed by atoms with E-state index < -0.39 is 17.0 Å². The SMILES string of the molecule is COC(=O)c1cc(Cl)ccc1S(=O)N(C)c1ccccc1. The van der Waals surface area contributed by atoms with Crippen molar-refractivity contribution in [2.24, 2.45) is 0 Å². The summed E-state index contributed by atoms with van der Waals surface area (Å²) in [5, 5.41) is 0.388. The number of carbonyl (C=O) groups excluding carboxylic acids is 1. The molecule has 0 spiro atoms. The van der Waals surface area contributed by atoms with Gasteiger partial charge in [-0.15, -0.1) is 0 Å². The lowest BCUT2D eigenvalue weighted by Crippen LogP contribution is -2.22. The van der Waals surface area contributed by atoms with E-state index in [4.69, 9.17) is 16.3 Å². The van der Waals surface area contributed by atoms with E-state index in [1.165, 1.54) is 13.2 Å². The highest BCUT2D eigenvalue weighted by molar-refractivity contribution is 7.86. The number of methoxy groups -OCH3 is 1. The average molecular weight is 324 g/mol. The molecule has 0 fully saturated rings. The smallest absolute Gasteiger partial charge is 0.339 e. The summed E-state index contributed by atoms with van der Waals surface area (Å²) in [5.41, 5.74) is 0.979. The molecular formula is C15H14ClNO3S. The predicted octanol–water partition coefficient (Wildman–Crippen LogP) is 3.29. The molecular weight excluding hydrogens is 310 g/mol. The molecule has 4 nitrogen and oxygen atoms in total. The number of nitrogens with zero attached hydrogens (tertiary/aromatic N) is 1. The molecule has 0 N–H and O–H groups in total. The summed E-state index contributed by atoms with van der Waals surface area (Å²) in [6.07, 6.45) is 0. The van der Waals surface area contributed by atoms with Crippen LogP contribution in [-0.2, 0) is 15.7 Å². The fourth-order valence-electron chi connectivity index (χ4n) is 1.81. The van der Waals surface area contributed by atoms with Crippen molar-refractivity contribution in [1.82, 2.24) is 0 Å². The Balaban J connectivity index is 2.42. The standard InChI is InChI=1S/C15H14ClNO3S/c1-17(12-6-4-3-5-7-12)21(19)14-9-8-11(16)10-13(14)15(18)20-2/h3-10H,1-2H3. The van der Waals surface area contributed by atoms with Crippen LogP contribution in [0.15, 0.2) is 53.4 Å². The van der Waals surface area contributed by atoms with E-state index in [-0.39, 0.29) is 5.56 Å². The number of rotatable bonds is 4. The maximum absolute atomic E-state index is 12.7. The van der Waals surface area contributed by atoms with Crippen molar-refractivity contribution in [1.29, 1.82) is 0 Å². The predicted molar refractivity (Wildman–Crippen MR) is 84.0 cm³/mol. The number of halogens is 1. The van der Waals surface area contributed by atoms with E-state index in [0.29, 0.717) is 9.92 Å². The lowest BCUT2D eigenvalue weighted by Gasteiger charge is -2.19. The monoisotopic (exact) mass is 323 g/mol. The van der Waals surface area contributed by atoms with Crippen molar-refractivity contribution in [3.63, 3.8) is 0 Å². The number of ether oxygens (including phenoxy) is 1. The van der Waals surface area contributed by atoms with Crippen LogP contribution in [0.5, 0.6) is 0 Å². The molecule has 0 aliphatic carbocycles. The summed E-state index contributed by atoms with van der Waals surface area (Å²) in [4.78, 5) is 12.2. The molecule has 1 atom stereocenters. The first-order valence-electron chi connectivity index (χ1n) is 6.13. The number of anilines is 1. The highest BCUT2D eigenvalue weighted by Crippen LogP contribution is 2.24. The van der Waals surface area contributed by atoms with E-state index in [9.17, 15) is 9.00 Å². The largest absolute Gasteiger partial charge is 0.465 e. The summed E-state index contributed by atoms with van der Waals surface area (Å²) < 4.78 is 19.0. The zero-order valence-electron chi connectivity index (χ0n) is 11.6. The Morgan fingerprint density at radius 1 is 1.19 bits per heavy atom. The van der Waals surface area contributed by atoms with Crippen LogP contribution in [0.4, 0.5) is 5.69 Å². The van der Waals surface area contributed by atoms with Crippen LogP contribution in [0.25, 0.3) is 0 Å². The van der Waals surface area contributed by atoms with E-state index in [2.05, 4.69) is 0 Å². The molecule has 6 heteroatoms. The third-order valence-corrected chi connectivity index (χ3v) is 4.58. The van der Waals surface area contributed by atoms with Gasteiger partial charge in [-0.05, 0) is 30.3 Å². The Labute approximate surface area is 130 Å². The van der Waals surface area contributed by atoms with Gasteiger partial charge < -0.3 is 4.74 Å². The molecule has 0 amide bonds. The average Bonchev–Trinajstić information content (AvgIpc) is 2.53. The minimum absolute atomic E-state index is 0.200. The Kier molecular flexibility index (Phi) is 4.98. The summed E-state index contributed by atoms with van der Waals surface area (Å²) in [7, 11) is 1.42. The van der Waals surface area contributed by atoms with Gasteiger partial charge in [0, 0.05) is 17.8 Å². The molecule has 2 aromatic carbocycles. The quantitative estimate of drug-likeness (QED) is 0.811. The van der Waals surface area contributed by atoms with Gasteiger partial charge in [-0.1, -0.05) is 29.8 Å². The van der Waals surface area contributed by atoms with Crippen LogP contribution in [0.1, 0.15) is 10.4 Å². The van der Waals surface area contributed by atoms with Crippen molar-refractivity contribution >= 4 is 34.2 Å². The first kappa shape index (κ1) is 15.5. The number of carbonyl (C=O) groups is 1. The normalized spacial score (nSPS) is 11.8.